The van der Waals surface area contributed by atoms with Gasteiger partial charge in [0.25, 0.3) is 11.8 Å². The summed E-state index contributed by atoms with van der Waals surface area (Å²) in [4.78, 5) is 29.2. The van der Waals surface area contributed by atoms with E-state index in [9.17, 15) is 27.2 Å². The van der Waals surface area contributed by atoms with Gasteiger partial charge in [-0.15, -0.1) is 0 Å². The molecule has 1 heterocycles. The molecule has 12 heteroatoms. The first-order chi connectivity index (χ1) is 17.2. The molecule has 0 unspecified atom stereocenters. The molecule has 1 aromatic heterocycles. The molecule has 36 heavy (non-hydrogen) atoms. The lowest BCUT2D eigenvalue weighted by atomic mass is 10.0. The summed E-state index contributed by atoms with van der Waals surface area (Å²) in [7, 11) is 1.42. The number of hydrogen-bond donors (Lipinski definition) is 3. The SMILES string of the molecule is CCc1cc(NC(=O)c2ncc(-c3ccc(OC(F)F)c(F)c3F)n2C)ccc1C(=O)NCCCN. The molecule has 3 aromatic rings. The van der Waals surface area contributed by atoms with Gasteiger partial charge < -0.3 is 25.7 Å². The number of nitrogens with zero attached hydrogens (tertiary/aromatic N) is 2. The molecule has 0 radical (unpaired) electrons. The van der Waals surface area contributed by atoms with Crippen molar-refractivity contribution >= 4 is 17.5 Å². The average Bonchev–Trinajstić information content (AvgIpc) is 3.23. The maximum absolute atomic E-state index is 14.5. The van der Waals surface area contributed by atoms with Gasteiger partial charge in [0.05, 0.1) is 11.9 Å². The molecular formula is C24H25F4N5O3. The van der Waals surface area contributed by atoms with Crippen LogP contribution in [-0.2, 0) is 13.5 Å². The number of anilines is 1. The summed E-state index contributed by atoms with van der Waals surface area (Å²) in [6.07, 6.45) is 2.34. The number of halogens is 4. The van der Waals surface area contributed by atoms with Crippen molar-refractivity contribution in [3.05, 3.63) is 65.1 Å². The molecular weight excluding hydrogens is 482 g/mol. The highest BCUT2D eigenvalue weighted by Gasteiger charge is 2.23. The zero-order valence-corrected chi connectivity index (χ0v) is 19.6. The first-order valence-corrected chi connectivity index (χ1v) is 11.0. The third kappa shape index (κ3) is 5.82. The number of carbonyl (C=O) groups is 2. The van der Waals surface area contributed by atoms with Gasteiger partial charge in [-0.05, 0) is 55.3 Å². The number of ether oxygens (including phenoxy) is 1. The fraction of sp³-hybridized carbons (Fsp3) is 0.292. The normalized spacial score (nSPS) is 11.0. The van der Waals surface area contributed by atoms with Crippen molar-refractivity contribution in [1.29, 1.82) is 0 Å². The number of nitrogens with two attached hydrogens (primary N) is 1. The molecule has 3 rings (SSSR count). The molecule has 0 spiro atoms. The summed E-state index contributed by atoms with van der Waals surface area (Å²) in [5, 5.41) is 5.46. The van der Waals surface area contributed by atoms with E-state index >= 15 is 0 Å². The molecule has 0 aliphatic heterocycles. The number of aryl methyl sites for hydroxylation is 1. The lowest BCUT2D eigenvalue weighted by molar-refractivity contribution is -0.0525. The molecule has 8 nitrogen and oxygen atoms in total. The molecule has 2 amide bonds. The third-order valence-corrected chi connectivity index (χ3v) is 5.39. The Morgan fingerprint density at radius 2 is 1.89 bits per heavy atom. The number of rotatable bonds is 10. The topological polar surface area (TPSA) is 111 Å². The predicted molar refractivity (Wildman–Crippen MR) is 125 cm³/mol. The Morgan fingerprint density at radius 3 is 2.56 bits per heavy atom. The quantitative estimate of drug-likeness (QED) is 0.285. The standard InChI is InChI=1S/C24H25F4N5O3/c1-3-13-11-14(5-6-15(13)22(34)30-10-4-9-29)32-23(35)21-31-12-17(33(21)2)16-7-8-18(36-24(27)28)20(26)19(16)25/h5-8,11-12,24H,3-4,9-10,29H2,1-2H3,(H,30,34)(H,32,35). The van der Waals surface area contributed by atoms with Crippen LogP contribution in [0.2, 0.25) is 0 Å². The Kier molecular flexibility index (Phi) is 8.64. The Balaban J connectivity index is 1.81. The van der Waals surface area contributed by atoms with Gasteiger partial charge in [-0.25, -0.2) is 9.37 Å². The van der Waals surface area contributed by atoms with E-state index in [2.05, 4.69) is 20.4 Å². The molecule has 0 fully saturated rings. The third-order valence-electron chi connectivity index (χ3n) is 5.39. The van der Waals surface area contributed by atoms with Crippen LogP contribution in [-0.4, -0.2) is 41.1 Å². The minimum atomic E-state index is -3.32. The number of hydrogen-bond acceptors (Lipinski definition) is 5. The van der Waals surface area contributed by atoms with Crippen LogP contribution in [0.5, 0.6) is 5.75 Å². The minimum Gasteiger partial charge on any atom is -0.432 e. The van der Waals surface area contributed by atoms with Crippen molar-refractivity contribution in [1.82, 2.24) is 14.9 Å². The van der Waals surface area contributed by atoms with Gasteiger partial charge in [0, 0.05) is 30.4 Å². The molecule has 2 aromatic carbocycles. The fourth-order valence-corrected chi connectivity index (χ4v) is 3.56. The van der Waals surface area contributed by atoms with Crippen LogP contribution in [0.4, 0.5) is 23.2 Å². The Labute approximate surface area is 204 Å². The maximum Gasteiger partial charge on any atom is 0.387 e. The van der Waals surface area contributed by atoms with Crippen LogP contribution in [0.15, 0.2) is 36.5 Å². The van der Waals surface area contributed by atoms with Gasteiger partial charge in [0.15, 0.2) is 17.4 Å². The van der Waals surface area contributed by atoms with Crippen LogP contribution in [0, 0.1) is 11.6 Å². The summed E-state index contributed by atoms with van der Waals surface area (Å²) in [6.45, 7) is -0.538. The van der Waals surface area contributed by atoms with E-state index in [0.717, 1.165) is 18.3 Å². The Hall–Kier alpha value is -3.93. The Morgan fingerprint density at radius 1 is 1.14 bits per heavy atom. The number of imidazole rings is 1. The van der Waals surface area contributed by atoms with Crippen LogP contribution >= 0.6 is 0 Å². The predicted octanol–water partition coefficient (Wildman–Crippen LogP) is 3.86. The number of nitrogens with one attached hydrogen (secondary N) is 2. The highest BCUT2D eigenvalue weighted by Crippen LogP contribution is 2.31. The van der Waals surface area contributed by atoms with Gasteiger partial charge in [0.2, 0.25) is 5.82 Å². The summed E-state index contributed by atoms with van der Waals surface area (Å²) in [5.41, 5.74) is 6.79. The molecule has 4 N–H and O–H groups in total. The smallest absolute Gasteiger partial charge is 0.387 e. The fourth-order valence-electron chi connectivity index (χ4n) is 3.56. The zero-order valence-electron chi connectivity index (χ0n) is 19.6. The Bertz CT molecular complexity index is 1260. The van der Waals surface area contributed by atoms with Crippen molar-refractivity contribution in [2.24, 2.45) is 12.8 Å². The largest absolute Gasteiger partial charge is 0.432 e. The summed E-state index contributed by atoms with van der Waals surface area (Å²) in [6, 6.07) is 6.75. The second kappa shape index (κ2) is 11.7. The molecule has 0 aliphatic carbocycles. The second-order valence-corrected chi connectivity index (χ2v) is 7.72. The van der Waals surface area contributed by atoms with E-state index in [-0.39, 0.29) is 23.0 Å². The van der Waals surface area contributed by atoms with Gasteiger partial charge >= 0.3 is 6.61 Å². The molecule has 0 atom stereocenters. The monoisotopic (exact) mass is 507 g/mol. The molecule has 0 saturated heterocycles. The van der Waals surface area contributed by atoms with E-state index in [1.165, 1.54) is 11.6 Å². The summed E-state index contributed by atoms with van der Waals surface area (Å²) < 4.78 is 58.6. The minimum absolute atomic E-state index is 0.0406. The van der Waals surface area contributed by atoms with E-state index in [4.69, 9.17) is 5.73 Å². The number of amides is 2. The van der Waals surface area contributed by atoms with Crippen molar-refractivity contribution in [2.75, 3.05) is 18.4 Å². The highest BCUT2D eigenvalue weighted by atomic mass is 19.3. The number of carbonyl (C=O) groups excluding carboxylic acids is 2. The molecule has 0 aliphatic rings. The lowest BCUT2D eigenvalue weighted by Gasteiger charge is -2.12. The molecule has 192 valence electrons. The summed E-state index contributed by atoms with van der Waals surface area (Å²) in [5.74, 6) is -4.93. The van der Waals surface area contributed by atoms with Gasteiger partial charge in [0.1, 0.15) is 0 Å². The van der Waals surface area contributed by atoms with Crippen LogP contribution in [0.25, 0.3) is 11.3 Å². The van der Waals surface area contributed by atoms with E-state index in [1.807, 2.05) is 6.92 Å². The second-order valence-electron chi connectivity index (χ2n) is 7.72. The van der Waals surface area contributed by atoms with E-state index in [0.29, 0.717) is 42.7 Å². The number of aromatic nitrogens is 2. The molecule has 0 saturated carbocycles. The maximum atomic E-state index is 14.5. The van der Waals surface area contributed by atoms with Gasteiger partial charge in [-0.3, -0.25) is 9.59 Å². The van der Waals surface area contributed by atoms with Crippen LogP contribution < -0.4 is 21.1 Å². The van der Waals surface area contributed by atoms with E-state index < -0.39 is 29.9 Å². The van der Waals surface area contributed by atoms with Gasteiger partial charge in [-0.2, -0.15) is 13.2 Å². The number of benzene rings is 2. The van der Waals surface area contributed by atoms with Crippen molar-refractivity contribution < 1.29 is 31.9 Å². The zero-order chi connectivity index (χ0) is 26.4. The van der Waals surface area contributed by atoms with E-state index in [1.54, 1.807) is 18.2 Å². The first kappa shape index (κ1) is 26.7. The van der Waals surface area contributed by atoms with Crippen LogP contribution in [0.1, 0.15) is 39.9 Å². The van der Waals surface area contributed by atoms with Gasteiger partial charge in [-0.1, -0.05) is 6.92 Å². The highest BCUT2D eigenvalue weighted by molar-refractivity contribution is 6.03. The number of alkyl halides is 2. The molecule has 0 bridgehead atoms. The average molecular weight is 507 g/mol. The van der Waals surface area contributed by atoms with Crippen molar-refractivity contribution in [2.45, 2.75) is 26.4 Å². The first-order valence-electron chi connectivity index (χ1n) is 11.0. The summed E-state index contributed by atoms with van der Waals surface area (Å²) >= 11 is 0. The lowest BCUT2D eigenvalue weighted by Crippen LogP contribution is -2.27. The van der Waals surface area contributed by atoms with Crippen molar-refractivity contribution in [3.8, 4) is 17.0 Å². The van der Waals surface area contributed by atoms with Crippen LogP contribution in [0.3, 0.4) is 0 Å². The van der Waals surface area contributed by atoms with Crippen molar-refractivity contribution in [3.63, 3.8) is 0 Å².